The average molecular weight is 394 g/mol. The second-order valence-corrected chi connectivity index (χ2v) is 7.64. The van der Waals surface area contributed by atoms with Crippen LogP contribution in [0.1, 0.15) is 32.6 Å². The molecule has 0 spiro atoms. The largest absolute Gasteiger partial charge is 0.480 e. The predicted molar refractivity (Wildman–Crippen MR) is 97.6 cm³/mol. The van der Waals surface area contributed by atoms with E-state index in [1.807, 2.05) is 0 Å². The van der Waals surface area contributed by atoms with Gasteiger partial charge < -0.3 is 32.3 Å². The van der Waals surface area contributed by atoms with Gasteiger partial charge >= 0.3 is 5.97 Å². The molecule has 5 atom stereocenters. The SMILES string of the molecule is CC(O)C(NC(=O)C(N)CCS(C)=O)C(=O)NC(CCCCN)C(=O)O. The quantitative estimate of drug-likeness (QED) is 0.187. The van der Waals surface area contributed by atoms with Crippen LogP contribution in [0.3, 0.4) is 0 Å². The maximum absolute atomic E-state index is 12.3. The topological polar surface area (TPSA) is 185 Å². The third-order valence-electron chi connectivity index (χ3n) is 3.68. The molecule has 0 heterocycles. The van der Waals surface area contributed by atoms with Crippen LogP contribution in [0.25, 0.3) is 0 Å². The fourth-order valence-corrected chi connectivity index (χ4v) is 2.69. The first-order valence-corrected chi connectivity index (χ1v) is 10.1. The molecule has 26 heavy (non-hydrogen) atoms. The van der Waals surface area contributed by atoms with Crippen LogP contribution in [0.2, 0.25) is 0 Å². The average Bonchev–Trinajstić information content (AvgIpc) is 2.55. The Morgan fingerprint density at radius 3 is 2.19 bits per heavy atom. The van der Waals surface area contributed by atoms with Gasteiger partial charge in [-0.1, -0.05) is 0 Å². The van der Waals surface area contributed by atoms with Gasteiger partial charge in [-0.2, -0.15) is 0 Å². The Balaban J connectivity index is 4.84. The second-order valence-electron chi connectivity index (χ2n) is 6.08. The first kappa shape index (κ1) is 24.4. The summed E-state index contributed by atoms with van der Waals surface area (Å²) in [4.78, 5) is 35.6. The van der Waals surface area contributed by atoms with Gasteiger partial charge in [-0.3, -0.25) is 13.8 Å². The van der Waals surface area contributed by atoms with Crippen molar-refractivity contribution in [1.82, 2.24) is 10.6 Å². The third kappa shape index (κ3) is 9.80. The Bertz CT molecular complexity index is 503. The number of hydrogen-bond acceptors (Lipinski definition) is 7. The number of unbranched alkanes of at least 4 members (excludes halogenated alkanes) is 1. The first-order chi connectivity index (χ1) is 12.1. The van der Waals surface area contributed by atoms with Crippen molar-refractivity contribution in [2.24, 2.45) is 11.5 Å². The zero-order chi connectivity index (χ0) is 20.3. The van der Waals surface area contributed by atoms with Crippen LogP contribution in [-0.4, -0.2) is 75.0 Å². The van der Waals surface area contributed by atoms with Gasteiger partial charge in [-0.05, 0) is 39.2 Å². The van der Waals surface area contributed by atoms with Gasteiger partial charge in [0.15, 0.2) is 0 Å². The van der Waals surface area contributed by atoms with Gasteiger partial charge in [0.1, 0.15) is 12.1 Å². The molecule has 0 rings (SSSR count). The number of carboxylic acids is 1. The normalized spacial score (nSPS) is 16.8. The number of aliphatic hydroxyl groups excluding tert-OH is 1. The molecular weight excluding hydrogens is 364 g/mol. The Kier molecular flexibility index (Phi) is 12.0. The fraction of sp³-hybridized carbons (Fsp3) is 0.800. The lowest BCUT2D eigenvalue weighted by atomic mass is 10.1. The van der Waals surface area contributed by atoms with Gasteiger partial charge in [0, 0.05) is 22.8 Å². The highest BCUT2D eigenvalue weighted by molar-refractivity contribution is 7.84. The monoisotopic (exact) mass is 394 g/mol. The molecule has 0 aromatic carbocycles. The number of nitrogens with two attached hydrogens (primary N) is 2. The number of aliphatic hydroxyl groups is 1. The van der Waals surface area contributed by atoms with Gasteiger partial charge in [-0.15, -0.1) is 0 Å². The van der Waals surface area contributed by atoms with E-state index < -0.39 is 52.8 Å². The Labute approximate surface area is 155 Å². The van der Waals surface area contributed by atoms with E-state index in [-0.39, 0.29) is 18.6 Å². The van der Waals surface area contributed by atoms with Crippen LogP contribution in [0.5, 0.6) is 0 Å². The molecule has 0 radical (unpaired) electrons. The Morgan fingerprint density at radius 1 is 1.12 bits per heavy atom. The maximum atomic E-state index is 12.3. The van der Waals surface area contributed by atoms with Crippen molar-refractivity contribution in [2.75, 3.05) is 18.6 Å². The molecule has 0 aromatic rings. The number of nitrogens with one attached hydrogen (secondary N) is 2. The lowest BCUT2D eigenvalue weighted by Crippen LogP contribution is -2.58. The summed E-state index contributed by atoms with van der Waals surface area (Å²) in [6.07, 6.45) is 1.68. The van der Waals surface area contributed by atoms with Gasteiger partial charge in [0.2, 0.25) is 11.8 Å². The van der Waals surface area contributed by atoms with Gasteiger partial charge in [-0.25, -0.2) is 4.79 Å². The minimum atomic E-state index is -1.35. The zero-order valence-corrected chi connectivity index (χ0v) is 16.0. The van der Waals surface area contributed by atoms with E-state index in [4.69, 9.17) is 11.5 Å². The van der Waals surface area contributed by atoms with E-state index in [9.17, 15) is 28.8 Å². The molecule has 10 nitrogen and oxygen atoms in total. The summed E-state index contributed by atoms with van der Waals surface area (Å²) < 4.78 is 11.1. The van der Waals surface area contributed by atoms with Crippen molar-refractivity contribution in [2.45, 2.75) is 56.8 Å². The van der Waals surface area contributed by atoms with Crippen molar-refractivity contribution < 1.29 is 28.8 Å². The third-order valence-corrected chi connectivity index (χ3v) is 4.49. The highest BCUT2D eigenvalue weighted by atomic mass is 32.2. The molecule has 0 aliphatic heterocycles. The summed E-state index contributed by atoms with van der Waals surface area (Å²) in [5.41, 5.74) is 11.0. The van der Waals surface area contributed by atoms with Crippen molar-refractivity contribution in [3.05, 3.63) is 0 Å². The summed E-state index contributed by atoms with van der Waals surface area (Å²) in [5, 5.41) is 23.6. The van der Waals surface area contributed by atoms with Crippen molar-refractivity contribution >= 4 is 28.6 Å². The Morgan fingerprint density at radius 2 is 1.73 bits per heavy atom. The molecule has 0 bridgehead atoms. The number of amides is 2. The van der Waals surface area contributed by atoms with Crippen molar-refractivity contribution in [3.63, 3.8) is 0 Å². The number of carboxylic acid groups (broad SMARTS) is 1. The highest BCUT2D eigenvalue weighted by Gasteiger charge is 2.30. The minimum absolute atomic E-state index is 0.153. The number of carbonyl (C=O) groups is 3. The number of rotatable bonds is 13. The predicted octanol–water partition coefficient (Wildman–Crippen LogP) is -2.35. The lowest BCUT2D eigenvalue weighted by Gasteiger charge is -2.24. The second kappa shape index (κ2) is 12.7. The van der Waals surface area contributed by atoms with E-state index in [2.05, 4.69) is 10.6 Å². The smallest absolute Gasteiger partial charge is 0.326 e. The van der Waals surface area contributed by atoms with Crippen LogP contribution in [0.15, 0.2) is 0 Å². The van der Waals surface area contributed by atoms with Crippen molar-refractivity contribution in [3.8, 4) is 0 Å². The summed E-state index contributed by atoms with van der Waals surface area (Å²) in [6, 6.07) is -3.49. The maximum Gasteiger partial charge on any atom is 0.326 e. The zero-order valence-electron chi connectivity index (χ0n) is 15.1. The highest BCUT2D eigenvalue weighted by Crippen LogP contribution is 2.03. The van der Waals surface area contributed by atoms with Crippen LogP contribution in [0, 0.1) is 0 Å². The van der Waals surface area contributed by atoms with Crippen molar-refractivity contribution in [1.29, 1.82) is 0 Å². The molecular formula is C15H30N4O6S. The van der Waals surface area contributed by atoms with E-state index in [0.717, 1.165) is 0 Å². The molecule has 0 aliphatic rings. The molecule has 0 saturated carbocycles. The van der Waals surface area contributed by atoms with E-state index in [0.29, 0.717) is 19.4 Å². The molecule has 0 fully saturated rings. The van der Waals surface area contributed by atoms with Gasteiger partial charge in [0.05, 0.1) is 12.1 Å². The minimum Gasteiger partial charge on any atom is -0.480 e. The Hall–Kier alpha value is -1.56. The molecule has 152 valence electrons. The summed E-state index contributed by atoms with van der Waals surface area (Å²) >= 11 is 0. The number of aliphatic carboxylic acids is 1. The molecule has 11 heteroatoms. The van der Waals surface area contributed by atoms with E-state index in [1.165, 1.54) is 13.2 Å². The standard InChI is InChI=1S/C15H30N4O6S/c1-9(20)12(19-13(21)10(17)6-8-26(2)25)14(22)18-11(15(23)24)5-3-4-7-16/h9-12,20H,3-8,16-17H2,1-2H3,(H,18,22)(H,19,21)(H,23,24). The molecule has 0 aliphatic carbocycles. The number of hydrogen-bond donors (Lipinski definition) is 6. The van der Waals surface area contributed by atoms with Crippen LogP contribution in [0.4, 0.5) is 0 Å². The fourth-order valence-electron chi connectivity index (χ4n) is 2.10. The molecule has 0 aromatic heterocycles. The molecule has 5 unspecified atom stereocenters. The first-order valence-electron chi connectivity index (χ1n) is 8.37. The summed E-state index contributed by atoms with van der Waals surface area (Å²) in [7, 11) is -1.11. The molecule has 8 N–H and O–H groups in total. The van der Waals surface area contributed by atoms with E-state index in [1.54, 1.807) is 0 Å². The molecule has 2 amide bonds. The number of carbonyl (C=O) groups excluding carboxylic acids is 2. The lowest BCUT2D eigenvalue weighted by molar-refractivity contribution is -0.143. The van der Waals surface area contributed by atoms with Crippen LogP contribution < -0.4 is 22.1 Å². The summed E-state index contributed by atoms with van der Waals surface area (Å²) in [5.74, 6) is -2.50. The van der Waals surface area contributed by atoms with Gasteiger partial charge in [0.25, 0.3) is 0 Å². The van der Waals surface area contributed by atoms with Crippen LogP contribution >= 0.6 is 0 Å². The van der Waals surface area contributed by atoms with Crippen LogP contribution in [-0.2, 0) is 25.2 Å². The molecule has 0 saturated heterocycles. The van der Waals surface area contributed by atoms with E-state index >= 15 is 0 Å². The summed E-state index contributed by atoms with van der Waals surface area (Å²) in [6.45, 7) is 1.70.